The van der Waals surface area contributed by atoms with Gasteiger partial charge in [0.15, 0.2) is 0 Å². The summed E-state index contributed by atoms with van der Waals surface area (Å²) < 4.78 is 0. The number of carbonyl (C=O) groups excluding carboxylic acids is 1. The van der Waals surface area contributed by atoms with Crippen LogP contribution in [0.25, 0.3) is 0 Å². The van der Waals surface area contributed by atoms with Crippen molar-refractivity contribution in [1.82, 2.24) is 5.32 Å². The summed E-state index contributed by atoms with van der Waals surface area (Å²) in [4.78, 5) is 33.1. The summed E-state index contributed by atoms with van der Waals surface area (Å²) in [5.41, 5.74) is 0. The summed E-state index contributed by atoms with van der Waals surface area (Å²) in [6.45, 7) is 2.20. The molecule has 1 atom stereocenters. The molecule has 0 saturated carbocycles. The van der Waals surface area contributed by atoms with E-state index in [1.54, 1.807) is 0 Å². The summed E-state index contributed by atoms with van der Waals surface area (Å²) in [5, 5.41) is 19.9. The van der Waals surface area contributed by atoms with E-state index in [-0.39, 0.29) is 48.3 Å². The first kappa shape index (κ1) is 25.6. The maximum Gasteiger partial charge on any atom is 0.326 e. The molecule has 0 bridgehead atoms. The van der Waals surface area contributed by atoms with Crippen LogP contribution in [0.2, 0.25) is 0 Å². The smallest absolute Gasteiger partial charge is 0.326 e. The molecule has 0 fully saturated rings. The summed E-state index contributed by atoms with van der Waals surface area (Å²) in [6.07, 6.45) is 10.3. The zero-order chi connectivity index (χ0) is 17.5. The van der Waals surface area contributed by atoms with Gasteiger partial charge in [-0.3, -0.25) is 9.59 Å². The van der Waals surface area contributed by atoms with E-state index in [1.165, 1.54) is 38.5 Å². The number of hydrogen-bond donors (Lipinski definition) is 3. The van der Waals surface area contributed by atoms with Crippen LogP contribution in [0, 0.1) is 0 Å². The van der Waals surface area contributed by atoms with Crippen molar-refractivity contribution < 1.29 is 24.6 Å². The zero-order valence-electron chi connectivity index (χ0n) is 15.2. The number of carbonyl (C=O) groups is 3. The largest absolute Gasteiger partial charge is 0.481 e. The fourth-order valence-electron chi connectivity index (χ4n) is 2.39. The fourth-order valence-corrected chi connectivity index (χ4v) is 2.39. The molecule has 0 aromatic rings. The molecule has 0 aliphatic rings. The van der Waals surface area contributed by atoms with Crippen molar-refractivity contribution in [3.63, 3.8) is 0 Å². The van der Waals surface area contributed by atoms with Gasteiger partial charge in [-0.1, -0.05) is 58.3 Å². The van der Waals surface area contributed by atoms with Crippen LogP contribution in [0.4, 0.5) is 0 Å². The van der Waals surface area contributed by atoms with Crippen molar-refractivity contribution >= 4 is 47.4 Å². The van der Waals surface area contributed by atoms with E-state index in [0.717, 1.165) is 19.3 Å². The molecular weight excluding hydrogens is 321 g/mol. The second-order valence-electron chi connectivity index (χ2n) is 5.97. The maximum absolute atomic E-state index is 11.7. The normalized spacial score (nSPS) is 11.4. The van der Waals surface area contributed by atoms with Gasteiger partial charge in [-0.2, -0.15) is 0 Å². The molecule has 0 unspecified atom stereocenters. The third kappa shape index (κ3) is 16.3. The Kier molecular flexibility index (Phi) is 18.4. The average Bonchev–Trinajstić information content (AvgIpc) is 2.49. The van der Waals surface area contributed by atoms with Gasteiger partial charge in [0.25, 0.3) is 0 Å². The first-order valence-electron chi connectivity index (χ1n) is 8.71. The Morgan fingerprint density at radius 3 is 1.79 bits per heavy atom. The minimum absolute atomic E-state index is 0. The first-order valence-corrected chi connectivity index (χ1v) is 8.71. The number of rotatable bonds is 15. The van der Waals surface area contributed by atoms with Gasteiger partial charge in [-0.25, -0.2) is 4.79 Å². The SMILES string of the molecule is CCCCCCCCCCCC(=O)N[C@@H](CCC(=O)O)C(=O)O.[Na]. The molecule has 0 aliphatic heterocycles. The topological polar surface area (TPSA) is 104 Å². The van der Waals surface area contributed by atoms with Gasteiger partial charge >= 0.3 is 11.9 Å². The molecule has 0 rings (SSSR count). The van der Waals surface area contributed by atoms with Gasteiger partial charge in [0, 0.05) is 42.4 Å². The van der Waals surface area contributed by atoms with E-state index >= 15 is 0 Å². The van der Waals surface area contributed by atoms with E-state index in [9.17, 15) is 14.4 Å². The minimum atomic E-state index is -1.19. The zero-order valence-corrected chi connectivity index (χ0v) is 17.2. The summed E-state index contributed by atoms with van der Waals surface area (Å²) in [7, 11) is 0. The predicted octanol–water partition coefficient (Wildman–Crippen LogP) is 2.96. The number of carboxylic acids is 2. The second-order valence-corrected chi connectivity index (χ2v) is 5.97. The van der Waals surface area contributed by atoms with Crippen molar-refractivity contribution in [3.8, 4) is 0 Å². The van der Waals surface area contributed by atoms with Crippen molar-refractivity contribution in [2.45, 2.75) is 90.0 Å². The molecule has 0 aliphatic carbocycles. The average molecular weight is 352 g/mol. The van der Waals surface area contributed by atoms with Gasteiger partial charge in [-0.05, 0) is 12.8 Å². The quantitative estimate of drug-likeness (QED) is 0.310. The Labute approximate surface area is 167 Å². The van der Waals surface area contributed by atoms with Gasteiger partial charge in [0.1, 0.15) is 6.04 Å². The Balaban J connectivity index is 0. The minimum Gasteiger partial charge on any atom is -0.481 e. The van der Waals surface area contributed by atoms with Crippen LogP contribution in [0.1, 0.15) is 84.0 Å². The molecule has 0 spiro atoms. The standard InChI is InChI=1S/C17H31NO5.Na/c1-2-3-4-5-6-7-8-9-10-11-15(19)18-14(17(22)23)12-13-16(20)21;/h14H,2-13H2,1H3,(H,18,19)(H,20,21)(H,22,23);/t14-;/m0./s1. The van der Waals surface area contributed by atoms with E-state index in [4.69, 9.17) is 10.2 Å². The monoisotopic (exact) mass is 352 g/mol. The number of hydrogen-bond acceptors (Lipinski definition) is 3. The Morgan fingerprint density at radius 1 is 0.833 bits per heavy atom. The fraction of sp³-hybridized carbons (Fsp3) is 0.824. The number of carboxylic acid groups (broad SMARTS) is 2. The van der Waals surface area contributed by atoms with Crippen molar-refractivity contribution in [2.75, 3.05) is 0 Å². The van der Waals surface area contributed by atoms with Crippen molar-refractivity contribution in [1.29, 1.82) is 0 Å². The van der Waals surface area contributed by atoms with Crippen molar-refractivity contribution in [2.24, 2.45) is 0 Å². The summed E-state index contributed by atoms with van der Waals surface area (Å²) in [5.74, 6) is -2.57. The molecule has 6 nitrogen and oxygen atoms in total. The number of amides is 1. The van der Waals surface area contributed by atoms with Crippen LogP contribution in [-0.4, -0.2) is 63.7 Å². The Morgan fingerprint density at radius 2 is 1.33 bits per heavy atom. The number of nitrogens with one attached hydrogen (secondary N) is 1. The van der Waals surface area contributed by atoms with Crippen LogP contribution < -0.4 is 5.32 Å². The summed E-state index contributed by atoms with van der Waals surface area (Å²) in [6, 6.07) is -1.11. The van der Waals surface area contributed by atoms with E-state index in [2.05, 4.69) is 12.2 Å². The van der Waals surface area contributed by atoms with Crippen LogP contribution in [0.5, 0.6) is 0 Å². The maximum atomic E-state index is 11.7. The molecule has 1 radical (unpaired) electrons. The molecule has 24 heavy (non-hydrogen) atoms. The predicted molar refractivity (Wildman–Crippen MR) is 94.0 cm³/mol. The van der Waals surface area contributed by atoms with E-state index in [1.807, 2.05) is 0 Å². The van der Waals surface area contributed by atoms with Crippen LogP contribution >= 0.6 is 0 Å². The van der Waals surface area contributed by atoms with Crippen molar-refractivity contribution in [3.05, 3.63) is 0 Å². The number of unbranched alkanes of at least 4 members (excludes halogenated alkanes) is 8. The van der Waals surface area contributed by atoms with Crippen LogP contribution in [0.15, 0.2) is 0 Å². The van der Waals surface area contributed by atoms with Crippen LogP contribution in [-0.2, 0) is 14.4 Å². The van der Waals surface area contributed by atoms with Crippen LogP contribution in [0.3, 0.4) is 0 Å². The Hall–Kier alpha value is -0.590. The van der Waals surface area contributed by atoms with E-state index < -0.39 is 18.0 Å². The summed E-state index contributed by atoms with van der Waals surface area (Å²) >= 11 is 0. The molecule has 7 heteroatoms. The molecule has 135 valence electrons. The van der Waals surface area contributed by atoms with Gasteiger partial charge in [0.2, 0.25) is 5.91 Å². The molecule has 0 saturated heterocycles. The molecule has 0 aromatic heterocycles. The molecule has 0 heterocycles. The third-order valence-electron chi connectivity index (χ3n) is 3.79. The van der Waals surface area contributed by atoms with Gasteiger partial charge in [-0.15, -0.1) is 0 Å². The second kappa shape index (κ2) is 17.2. The molecular formula is C17H31NNaO5. The van der Waals surface area contributed by atoms with Gasteiger partial charge < -0.3 is 15.5 Å². The Bertz CT molecular complexity index is 363. The van der Waals surface area contributed by atoms with Gasteiger partial charge in [0.05, 0.1) is 0 Å². The molecule has 3 N–H and O–H groups in total. The molecule has 0 aromatic carbocycles. The van der Waals surface area contributed by atoms with E-state index in [0.29, 0.717) is 6.42 Å². The number of aliphatic carboxylic acids is 2. The molecule has 1 amide bonds. The first-order chi connectivity index (χ1) is 11.0. The third-order valence-corrected chi connectivity index (χ3v) is 3.79.